The van der Waals surface area contributed by atoms with E-state index in [-0.39, 0.29) is 0 Å². The van der Waals surface area contributed by atoms with Crippen molar-refractivity contribution in [3.8, 4) is 0 Å². The molecule has 1 amide bonds. The highest BCUT2D eigenvalue weighted by molar-refractivity contribution is 7.99. The van der Waals surface area contributed by atoms with Gasteiger partial charge in [-0.15, -0.1) is 11.8 Å². The number of anilines is 1. The zero-order chi connectivity index (χ0) is 14.4. The van der Waals surface area contributed by atoms with E-state index in [0.717, 1.165) is 10.8 Å². The molecule has 2 N–H and O–H groups in total. The second-order valence-electron chi connectivity index (χ2n) is 4.00. The van der Waals surface area contributed by atoms with Crippen molar-refractivity contribution < 1.29 is 9.90 Å². The van der Waals surface area contributed by atoms with E-state index >= 15 is 0 Å². The Bertz CT molecular complexity index is 560. The molecule has 0 aromatic carbocycles. The first-order valence-electron chi connectivity index (χ1n) is 6.18. The lowest BCUT2D eigenvalue weighted by atomic mass is 10.1. The summed E-state index contributed by atoms with van der Waals surface area (Å²) < 4.78 is 0. The summed E-state index contributed by atoms with van der Waals surface area (Å²) in [7, 11) is 0. The minimum atomic E-state index is -1.24. The number of thioether (sulfide) groups is 1. The van der Waals surface area contributed by atoms with E-state index in [0.29, 0.717) is 11.3 Å². The Balaban J connectivity index is 2.00. The van der Waals surface area contributed by atoms with Gasteiger partial charge < -0.3 is 10.4 Å². The van der Waals surface area contributed by atoms with E-state index in [1.807, 2.05) is 13.0 Å². The van der Waals surface area contributed by atoms with Crippen LogP contribution in [0, 0.1) is 0 Å². The second kappa shape index (κ2) is 7.02. The number of amides is 1. The van der Waals surface area contributed by atoms with Crippen molar-refractivity contribution >= 4 is 23.4 Å². The van der Waals surface area contributed by atoms with Gasteiger partial charge in [-0.2, -0.15) is 0 Å². The van der Waals surface area contributed by atoms with Gasteiger partial charge in [0.15, 0.2) is 6.10 Å². The number of hydrogen-bond acceptors (Lipinski definition) is 5. The van der Waals surface area contributed by atoms with Gasteiger partial charge >= 0.3 is 0 Å². The van der Waals surface area contributed by atoms with Crippen LogP contribution >= 0.6 is 11.8 Å². The maximum Gasteiger partial charge on any atom is 0.257 e. The fourth-order valence-corrected chi connectivity index (χ4v) is 2.17. The average Bonchev–Trinajstić information content (AvgIpc) is 2.49. The summed E-state index contributed by atoms with van der Waals surface area (Å²) in [6.07, 6.45) is 3.38. The molecule has 2 rings (SSSR count). The highest BCUT2D eigenvalue weighted by Gasteiger charge is 2.17. The van der Waals surface area contributed by atoms with Crippen LogP contribution in [0.5, 0.6) is 0 Å². The largest absolute Gasteiger partial charge is 0.378 e. The third-order valence-corrected chi connectivity index (χ3v) is 3.37. The first-order valence-corrected chi connectivity index (χ1v) is 7.17. The molecule has 104 valence electrons. The molecule has 0 spiro atoms. The molecule has 6 heteroatoms. The number of aromatic nitrogens is 2. The summed E-state index contributed by atoms with van der Waals surface area (Å²) in [6.45, 7) is 2.05. The summed E-state index contributed by atoms with van der Waals surface area (Å²) in [5.41, 5.74) is 1.01. The topological polar surface area (TPSA) is 75.1 Å². The molecule has 1 atom stereocenters. The van der Waals surface area contributed by atoms with Crippen molar-refractivity contribution in [2.24, 2.45) is 0 Å². The molecule has 2 aromatic heterocycles. The fourth-order valence-electron chi connectivity index (χ4n) is 1.59. The number of carbonyl (C=O) groups excluding carboxylic acids is 1. The predicted molar refractivity (Wildman–Crippen MR) is 78.5 cm³/mol. The highest BCUT2D eigenvalue weighted by atomic mass is 32.2. The van der Waals surface area contributed by atoms with E-state index in [4.69, 9.17) is 0 Å². The molecular weight excluding hydrogens is 274 g/mol. The Hall–Kier alpha value is -1.92. The van der Waals surface area contributed by atoms with Crippen molar-refractivity contribution in [3.63, 3.8) is 0 Å². The van der Waals surface area contributed by atoms with Gasteiger partial charge in [0.25, 0.3) is 5.91 Å². The third-order valence-electron chi connectivity index (χ3n) is 2.54. The Labute approximate surface area is 121 Å². The van der Waals surface area contributed by atoms with Crippen molar-refractivity contribution in [3.05, 3.63) is 48.4 Å². The fraction of sp³-hybridized carbons (Fsp3) is 0.214. The number of nitrogens with one attached hydrogen (secondary N) is 1. The van der Waals surface area contributed by atoms with Crippen molar-refractivity contribution in [1.82, 2.24) is 9.97 Å². The minimum Gasteiger partial charge on any atom is -0.378 e. The number of aliphatic hydroxyl groups excluding tert-OH is 1. The molecule has 0 radical (unpaired) electrons. The van der Waals surface area contributed by atoms with Gasteiger partial charge in [-0.05, 0) is 24.0 Å². The number of rotatable bonds is 5. The molecule has 0 aliphatic heterocycles. The normalized spacial score (nSPS) is 11.9. The third kappa shape index (κ3) is 3.79. The molecule has 20 heavy (non-hydrogen) atoms. The first-order chi connectivity index (χ1) is 9.70. The lowest BCUT2D eigenvalue weighted by Gasteiger charge is -2.11. The van der Waals surface area contributed by atoms with Crippen LogP contribution in [0.15, 0.2) is 47.9 Å². The summed E-state index contributed by atoms with van der Waals surface area (Å²) in [6, 6.07) is 6.92. The van der Waals surface area contributed by atoms with Crippen LogP contribution < -0.4 is 5.32 Å². The molecule has 5 nitrogen and oxygen atoms in total. The second-order valence-corrected chi connectivity index (χ2v) is 5.28. The first kappa shape index (κ1) is 14.5. The van der Waals surface area contributed by atoms with Gasteiger partial charge in [0.05, 0.1) is 16.9 Å². The minimum absolute atomic E-state index is 0.455. The van der Waals surface area contributed by atoms with E-state index < -0.39 is 12.0 Å². The monoisotopic (exact) mass is 289 g/mol. The number of carbonyl (C=O) groups is 1. The van der Waals surface area contributed by atoms with Crippen molar-refractivity contribution in [2.45, 2.75) is 18.1 Å². The molecule has 0 saturated heterocycles. The number of pyridine rings is 2. The van der Waals surface area contributed by atoms with Crippen LogP contribution in [0.1, 0.15) is 18.6 Å². The van der Waals surface area contributed by atoms with Gasteiger partial charge in [-0.25, -0.2) is 4.98 Å². The number of nitrogens with zero attached hydrogens (tertiary/aromatic N) is 2. The zero-order valence-electron chi connectivity index (χ0n) is 11.0. The van der Waals surface area contributed by atoms with E-state index in [1.165, 1.54) is 6.20 Å². The summed E-state index contributed by atoms with van der Waals surface area (Å²) >= 11 is 1.62. The van der Waals surface area contributed by atoms with E-state index in [2.05, 4.69) is 15.3 Å². The summed E-state index contributed by atoms with van der Waals surface area (Å²) in [4.78, 5) is 20.0. The van der Waals surface area contributed by atoms with Gasteiger partial charge in [0, 0.05) is 18.0 Å². The van der Waals surface area contributed by atoms with Crippen LogP contribution in [0.4, 0.5) is 5.69 Å². The predicted octanol–water partition coefficient (Wildman–Crippen LogP) is 2.26. The lowest BCUT2D eigenvalue weighted by Crippen LogP contribution is -2.20. The zero-order valence-corrected chi connectivity index (χ0v) is 11.8. The van der Waals surface area contributed by atoms with Gasteiger partial charge in [-0.3, -0.25) is 9.78 Å². The molecular formula is C14H15N3O2S. The smallest absolute Gasteiger partial charge is 0.257 e. The summed E-state index contributed by atoms with van der Waals surface area (Å²) in [5.74, 6) is 0.439. The average molecular weight is 289 g/mol. The summed E-state index contributed by atoms with van der Waals surface area (Å²) in [5, 5.41) is 13.4. The molecule has 2 heterocycles. The quantitative estimate of drug-likeness (QED) is 0.826. The van der Waals surface area contributed by atoms with Crippen molar-refractivity contribution in [1.29, 1.82) is 0 Å². The Morgan fingerprint density at radius 2 is 2.25 bits per heavy atom. The molecule has 0 fully saturated rings. The van der Waals surface area contributed by atoms with Crippen LogP contribution in [0.25, 0.3) is 0 Å². The molecule has 0 bridgehead atoms. The maximum atomic E-state index is 11.9. The van der Waals surface area contributed by atoms with Gasteiger partial charge in [0.1, 0.15) is 0 Å². The van der Waals surface area contributed by atoms with Crippen molar-refractivity contribution in [2.75, 3.05) is 11.1 Å². The Kier molecular flexibility index (Phi) is 5.09. The SMILES string of the molecule is CCSc1ccc(NC(=O)C(O)c2cccnc2)cn1. The van der Waals surface area contributed by atoms with Crippen LogP contribution in [-0.2, 0) is 4.79 Å². The van der Waals surface area contributed by atoms with Crippen LogP contribution in [0.2, 0.25) is 0 Å². The number of hydrogen-bond donors (Lipinski definition) is 2. The van der Waals surface area contributed by atoms with E-state index in [9.17, 15) is 9.90 Å². The molecule has 0 aliphatic rings. The molecule has 0 aliphatic carbocycles. The molecule has 1 unspecified atom stereocenters. The Morgan fingerprint density at radius 3 is 2.85 bits per heavy atom. The lowest BCUT2D eigenvalue weighted by molar-refractivity contribution is -0.124. The number of aliphatic hydroxyl groups is 1. The van der Waals surface area contributed by atoms with Gasteiger partial charge in [-0.1, -0.05) is 13.0 Å². The highest BCUT2D eigenvalue weighted by Crippen LogP contribution is 2.18. The molecule has 0 saturated carbocycles. The van der Waals surface area contributed by atoms with E-state index in [1.54, 1.807) is 42.4 Å². The van der Waals surface area contributed by atoms with Crippen LogP contribution in [0.3, 0.4) is 0 Å². The molecule has 2 aromatic rings. The van der Waals surface area contributed by atoms with Gasteiger partial charge in [0.2, 0.25) is 0 Å². The maximum absolute atomic E-state index is 11.9. The van der Waals surface area contributed by atoms with Crippen LogP contribution in [-0.4, -0.2) is 26.7 Å². The standard InChI is InChI=1S/C14H15N3O2S/c1-2-20-12-6-5-11(9-16-12)17-14(19)13(18)10-4-3-7-15-8-10/h3-9,13,18H,2H2,1H3,(H,17,19). The Morgan fingerprint density at radius 1 is 1.40 bits per heavy atom.